The molecule has 2 aromatic heterocycles. The minimum absolute atomic E-state index is 0.639. The maximum Gasteiger partial charge on any atom is 0.177 e. The van der Waals surface area contributed by atoms with Gasteiger partial charge >= 0.3 is 0 Å². The van der Waals surface area contributed by atoms with Gasteiger partial charge in [-0.25, -0.2) is 9.97 Å². The summed E-state index contributed by atoms with van der Waals surface area (Å²) in [6.07, 6.45) is 8.61. The molecular weight excluding hydrogens is 252 g/mol. The topological polar surface area (TPSA) is 70.7 Å². The molecule has 2 aromatic rings. The molecule has 0 aliphatic heterocycles. The van der Waals surface area contributed by atoms with E-state index in [2.05, 4.69) is 27.2 Å². The van der Waals surface area contributed by atoms with Crippen LogP contribution in [0.1, 0.15) is 44.9 Å². The molecule has 5 nitrogen and oxygen atoms in total. The van der Waals surface area contributed by atoms with Crippen LogP contribution in [0.4, 0.5) is 5.69 Å². The lowest BCUT2D eigenvalue weighted by molar-refractivity contribution is -0.107. The minimum Gasteiger partial charge on any atom is -0.384 e. The Kier molecular flexibility index (Phi) is 5.53. The van der Waals surface area contributed by atoms with Crippen LogP contribution in [0, 0.1) is 0 Å². The zero-order valence-corrected chi connectivity index (χ0v) is 12.0. The van der Waals surface area contributed by atoms with Gasteiger partial charge in [0.2, 0.25) is 0 Å². The van der Waals surface area contributed by atoms with Crippen LogP contribution in [-0.2, 0) is 11.2 Å². The van der Waals surface area contributed by atoms with Crippen molar-refractivity contribution in [3.63, 3.8) is 0 Å². The van der Waals surface area contributed by atoms with E-state index >= 15 is 0 Å². The van der Waals surface area contributed by atoms with E-state index in [-0.39, 0.29) is 0 Å². The Morgan fingerprint density at radius 3 is 3.05 bits per heavy atom. The number of hydrogen-bond acceptors (Lipinski definition) is 4. The number of pyridine rings is 1. The number of rotatable bonds is 9. The smallest absolute Gasteiger partial charge is 0.177 e. The molecule has 2 heterocycles. The first kappa shape index (κ1) is 14.5. The molecule has 0 fully saturated rings. The number of aromatic nitrogens is 3. The molecule has 2 N–H and O–H groups in total. The van der Waals surface area contributed by atoms with E-state index in [1.807, 2.05) is 12.3 Å². The van der Waals surface area contributed by atoms with Crippen molar-refractivity contribution in [2.24, 2.45) is 0 Å². The second kappa shape index (κ2) is 7.62. The molecule has 5 heteroatoms. The van der Waals surface area contributed by atoms with Crippen LogP contribution in [0.5, 0.6) is 0 Å². The molecule has 0 saturated heterocycles. The third-order valence-electron chi connectivity index (χ3n) is 3.23. The number of imidazole rings is 1. The van der Waals surface area contributed by atoms with E-state index in [0.717, 1.165) is 67.6 Å². The molecule has 0 saturated carbocycles. The van der Waals surface area contributed by atoms with Gasteiger partial charge in [0.15, 0.2) is 5.65 Å². The van der Waals surface area contributed by atoms with Gasteiger partial charge in [-0.2, -0.15) is 0 Å². The second-order valence-electron chi connectivity index (χ2n) is 4.97. The van der Waals surface area contributed by atoms with Crippen molar-refractivity contribution in [1.29, 1.82) is 0 Å². The number of aromatic amines is 1. The number of carbonyl (C=O) groups is 1. The van der Waals surface area contributed by atoms with Gasteiger partial charge < -0.3 is 15.1 Å². The van der Waals surface area contributed by atoms with Gasteiger partial charge in [-0.3, -0.25) is 0 Å². The molecule has 0 unspecified atom stereocenters. The van der Waals surface area contributed by atoms with Gasteiger partial charge in [0.1, 0.15) is 12.1 Å². The minimum atomic E-state index is 0.639. The van der Waals surface area contributed by atoms with E-state index < -0.39 is 0 Å². The largest absolute Gasteiger partial charge is 0.384 e. The predicted molar refractivity (Wildman–Crippen MR) is 80.9 cm³/mol. The molecule has 20 heavy (non-hydrogen) atoms. The second-order valence-corrected chi connectivity index (χ2v) is 4.97. The van der Waals surface area contributed by atoms with Crippen molar-refractivity contribution < 1.29 is 4.79 Å². The van der Waals surface area contributed by atoms with Crippen LogP contribution in [0.3, 0.4) is 0 Å². The van der Waals surface area contributed by atoms with Gasteiger partial charge in [0.25, 0.3) is 0 Å². The summed E-state index contributed by atoms with van der Waals surface area (Å²) >= 11 is 0. The number of aldehydes is 1. The van der Waals surface area contributed by atoms with Crippen molar-refractivity contribution in [1.82, 2.24) is 15.0 Å². The summed E-state index contributed by atoms with van der Waals surface area (Å²) in [5.74, 6) is 1.01. The van der Waals surface area contributed by atoms with Gasteiger partial charge in [0.05, 0.1) is 17.4 Å². The first-order valence-electron chi connectivity index (χ1n) is 7.35. The van der Waals surface area contributed by atoms with Crippen LogP contribution < -0.4 is 5.32 Å². The molecule has 0 aliphatic carbocycles. The highest BCUT2D eigenvalue weighted by Gasteiger charge is 2.04. The fourth-order valence-electron chi connectivity index (χ4n) is 2.09. The third kappa shape index (κ3) is 4.05. The number of fused-ring (bicyclic) bond motifs is 1. The molecule has 0 aromatic carbocycles. The lowest BCUT2D eigenvalue weighted by Gasteiger charge is -2.04. The van der Waals surface area contributed by atoms with Crippen LogP contribution in [0.15, 0.2) is 12.3 Å². The van der Waals surface area contributed by atoms with Crippen LogP contribution in [0.2, 0.25) is 0 Å². The number of hydrogen-bond donors (Lipinski definition) is 2. The zero-order valence-electron chi connectivity index (χ0n) is 12.0. The molecule has 0 bridgehead atoms. The highest BCUT2D eigenvalue weighted by atomic mass is 16.1. The summed E-state index contributed by atoms with van der Waals surface area (Å²) in [7, 11) is 0. The lowest BCUT2D eigenvalue weighted by atomic mass is 10.2. The van der Waals surface area contributed by atoms with Gasteiger partial charge in [-0.05, 0) is 25.3 Å². The molecule has 2 rings (SSSR count). The van der Waals surface area contributed by atoms with Crippen LogP contribution in [-0.4, -0.2) is 27.8 Å². The van der Waals surface area contributed by atoms with Gasteiger partial charge in [-0.15, -0.1) is 0 Å². The van der Waals surface area contributed by atoms with Crippen LogP contribution in [0.25, 0.3) is 11.2 Å². The Balaban J connectivity index is 1.92. The van der Waals surface area contributed by atoms with E-state index in [9.17, 15) is 4.79 Å². The number of nitrogens with one attached hydrogen (secondary N) is 2. The van der Waals surface area contributed by atoms with Crippen molar-refractivity contribution in [3.05, 3.63) is 18.1 Å². The Bertz CT molecular complexity index is 550. The van der Waals surface area contributed by atoms with E-state index in [0.29, 0.717) is 6.42 Å². The third-order valence-corrected chi connectivity index (χ3v) is 3.23. The fraction of sp³-hybridized carbons (Fsp3) is 0.533. The predicted octanol–water partition coefficient (Wildman–Crippen LogP) is 3.08. The Hall–Kier alpha value is -1.91. The van der Waals surface area contributed by atoms with Gasteiger partial charge in [-0.1, -0.05) is 13.3 Å². The normalized spacial score (nSPS) is 10.8. The molecule has 0 aliphatic rings. The van der Waals surface area contributed by atoms with E-state index in [1.54, 1.807) is 0 Å². The maximum atomic E-state index is 10.2. The summed E-state index contributed by atoms with van der Waals surface area (Å²) in [6, 6.07) is 2.05. The Morgan fingerprint density at radius 2 is 2.25 bits per heavy atom. The number of unbranched alkanes of at least 4 members (excludes halogenated alkanes) is 3. The number of anilines is 1. The van der Waals surface area contributed by atoms with Crippen molar-refractivity contribution >= 4 is 23.1 Å². The molecular formula is C15H22N4O. The molecule has 108 valence electrons. The fourth-order valence-corrected chi connectivity index (χ4v) is 2.09. The zero-order chi connectivity index (χ0) is 14.2. The first-order chi connectivity index (χ1) is 9.83. The molecule has 0 radical (unpaired) electrons. The van der Waals surface area contributed by atoms with Crippen molar-refractivity contribution in [2.75, 3.05) is 11.9 Å². The van der Waals surface area contributed by atoms with E-state index in [1.165, 1.54) is 0 Å². The summed E-state index contributed by atoms with van der Waals surface area (Å²) < 4.78 is 0. The average Bonchev–Trinajstić information content (AvgIpc) is 2.87. The summed E-state index contributed by atoms with van der Waals surface area (Å²) in [5, 5.41) is 3.32. The molecule has 0 spiro atoms. The quantitative estimate of drug-likeness (QED) is 0.544. The molecule has 0 amide bonds. The standard InChI is InChI=1S/C15H22N4O/c1-2-3-7-14-18-13-10-12(11-17-15(13)19-14)16-8-5-4-6-9-20/h9-11,16H,2-8H2,1H3,(H,17,18,19). The Labute approximate surface area is 119 Å². The van der Waals surface area contributed by atoms with Crippen molar-refractivity contribution in [3.8, 4) is 0 Å². The summed E-state index contributed by atoms with van der Waals surface area (Å²) in [4.78, 5) is 22.4. The highest BCUT2D eigenvalue weighted by molar-refractivity contribution is 5.74. The van der Waals surface area contributed by atoms with E-state index in [4.69, 9.17) is 0 Å². The Morgan fingerprint density at radius 1 is 1.35 bits per heavy atom. The maximum absolute atomic E-state index is 10.2. The van der Waals surface area contributed by atoms with Crippen molar-refractivity contribution in [2.45, 2.75) is 45.4 Å². The monoisotopic (exact) mass is 274 g/mol. The SMILES string of the molecule is CCCCc1nc2ncc(NCCCCC=O)cc2[nH]1. The van der Waals surface area contributed by atoms with Crippen LogP contribution >= 0.6 is 0 Å². The van der Waals surface area contributed by atoms with Gasteiger partial charge in [0, 0.05) is 19.4 Å². The summed E-state index contributed by atoms with van der Waals surface area (Å²) in [6.45, 7) is 3.03. The number of nitrogens with zero attached hydrogens (tertiary/aromatic N) is 2. The average molecular weight is 274 g/mol. The highest BCUT2D eigenvalue weighted by Crippen LogP contribution is 2.15. The summed E-state index contributed by atoms with van der Waals surface area (Å²) in [5.41, 5.74) is 2.76. The number of aryl methyl sites for hydroxylation is 1. The number of carbonyl (C=O) groups excluding carboxylic acids is 1. The first-order valence-corrected chi connectivity index (χ1v) is 7.35. The lowest BCUT2D eigenvalue weighted by Crippen LogP contribution is -2.01. The molecule has 0 atom stereocenters. The number of H-pyrrole nitrogens is 1.